The Morgan fingerprint density at radius 1 is 1.41 bits per heavy atom. The lowest BCUT2D eigenvalue weighted by Crippen LogP contribution is -2.37. The monoisotopic (exact) mass is 229 g/mol. The lowest BCUT2D eigenvalue weighted by atomic mass is 10.1. The summed E-state index contributed by atoms with van der Waals surface area (Å²) in [6.45, 7) is 6.07. The minimum Gasteiger partial charge on any atom is -0.357 e. The quantitative estimate of drug-likeness (QED) is 0.468. The molecule has 0 unspecified atom stereocenters. The summed E-state index contributed by atoms with van der Waals surface area (Å²) in [5.41, 5.74) is 2.45. The molecule has 0 heterocycles. The molecule has 1 rings (SSSR count). The van der Waals surface area contributed by atoms with E-state index in [9.17, 15) is 0 Å². The highest BCUT2D eigenvalue weighted by Crippen LogP contribution is 2.04. The van der Waals surface area contributed by atoms with E-state index in [1.807, 2.05) is 13.0 Å². The first-order valence-corrected chi connectivity index (χ1v) is 5.77. The van der Waals surface area contributed by atoms with Crippen LogP contribution in [-0.2, 0) is 6.54 Å². The van der Waals surface area contributed by atoms with Gasteiger partial charge in [-0.3, -0.25) is 0 Å². The number of rotatable bonds is 4. The summed E-state index contributed by atoms with van der Waals surface area (Å²) in [6, 6.07) is 8.33. The third-order valence-corrected chi connectivity index (χ3v) is 2.20. The van der Waals surface area contributed by atoms with E-state index in [2.05, 4.69) is 46.7 Å². The van der Waals surface area contributed by atoms with E-state index in [1.54, 1.807) is 0 Å². The molecule has 17 heavy (non-hydrogen) atoms. The van der Waals surface area contributed by atoms with E-state index >= 15 is 0 Å². The van der Waals surface area contributed by atoms with Crippen molar-refractivity contribution in [1.29, 1.82) is 0 Å². The van der Waals surface area contributed by atoms with Gasteiger partial charge in [0.2, 0.25) is 0 Å². The molecule has 0 aromatic heterocycles. The molecule has 1 aromatic carbocycles. The summed E-state index contributed by atoms with van der Waals surface area (Å²) in [4.78, 5) is 4.46. The maximum absolute atomic E-state index is 5.20. The fourth-order valence-corrected chi connectivity index (χ4v) is 1.46. The molecule has 1 aromatic rings. The largest absolute Gasteiger partial charge is 0.357 e. The van der Waals surface area contributed by atoms with E-state index in [0.29, 0.717) is 13.1 Å². The molecule has 3 nitrogen and oxygen atoms in total. The second-order valence-electron chi connectivity index (χ2n) is 3.74. The topological polar surface area (TPSA) is 36.4 Å². The predicted molar refractivity (Wildman–Crippen MR) is 72.8 cm³/mol. The zero-order valence-electron chi connectivity index (χ0n) is 10.5. The van der Waals surface area contributed by atoms with Gasteiger partial charge in [0, 0.05) is 6.54 Å². The van der Waals surface area contributed by atoms with Gasteiger partial charge in [-0.2, -0.15) is 0 Å². The summed E-state index contributed by atoms with van der Waals surface area (Å²) < 4.78 is 0. The normalized spacial score (nSPS) is 10.8. The van der Waals surface area contributed by atoms with Gasteiger partial charge in [0.15, 0.2) is 5.96 Å². The zero-order chi connectivity index (χ0) is 12.5. The Hall–Kier alpha value is -1.95. The molecule has 0 aliphatic heterocycles. The van der Waals surface area contributed by atoms with Crippen LogP contribution in [0.15, 0.2) is 29.3 Å². The Morgan fingerprint density at radius 3 is 2.88 bits per heavy atom. The van der Waals surface area contributed by atoms with E-state index in [4.69, 9.17) is 6.42 Å². The van der Waals surface area contributed by atoms with Gasteiger partial charge >= 0.3 is 0 Å². The number of aryl methyl sites for hydroxylation is 1. The number of aliphatic imine (C=N–C) groups is 1. The first kappa shape index (κ1) is 13.1. The average Bonchev–Trinajstić information content (AvgIpc) is 2.33. The lowest BCUT2D eigenvalue weighted by Gasteiger charge is -2.08. The summed E-state index contributed by atoms with van der Waals surface area (Å²) in [6.07, 6.45) is 5.20. The maximum Gasteiger partial charge on any atom is 0.192 e. The average molecular weight is 229 g/mol. The summed E-state index contributed by atoms with van der Waals surface area (Å²) >= 11 is 0. The first-order chi connectivity index (χ1) is 8.26. The van der Waals surface area contributed by atoms with Crippen LogP contribution in [0.1, 0.15) is 18.1 Å². The molecule has 3 heteroatoms. The molecule has 2 N–H and O–H groups in total. The molecule has 0 bridgehead atoms. The highest BCUT2D eigenvalue weighted by molar-refractivity contribution is 5.79. The van der Waals surface area contributed by atoms with Crippen molar-refractivity contribution in [3.63, 3.8) is 0 Å². The number of guanidine groups is 1. The molecular formula is C14H19N3. The standard InChI is InChI=1S/C14H19N3/c1-4-9-16-14(15-5-2)17-11-13-8-6-7-12(3)10-13/h1,6-8,10H,5,9,11H2,2-3H3,(H2,15,16,17). The number of nitrogens with one attached hydrogen (secondary N) is 2. The molecular weight excluding hydrogens is 210 g/mol. The molecule has 0 saturated heterocycles. The Morgan fingerprint density at radius 2 is 2.24 bits per heavy atom. The van der Waals surface area contributed by atoms with Crippen LogP contribution in [0.5, 0.6) is 0 Å². The van der Waals surface area contributed by atoms with E-state index in [1.165, 1.54) is 11.1 Å². The fourth-order valence-electron chi connectivity index (χ4n) is 1.46. The minimum absolute atomic E-state index is 0.486. The van der Waals surface area contributed by atoms with Crippen LogP contribution in [0.25, 0.3) is 0 Å². The van der Waals surface area contributed by atoms with Gasteiger partial charge in [-0.1, -0.05) is 35.7 Å². The van der Waals surface area contributed by atoms with E-state index in [-0.39, 0.29) is 0 Å². The number of nitrogens with zero attached hydrogens (tertiary/aromatic N) is 1. The fraction of sp³-hybridized carbons (Fsp3) is 0.357. The van der Waals surface area contributed by atoms with Crippen molar-refractivity contribution in [3.05, 3.63) is 35.4 Å². The maximum atomic E-state index is 5.20. The smallest absolute Gasteiger partial charge is 0.192 e. The summed E-state index contributed by atoms with van der Waals surface area (Å²) in [5.74, 6) is 3.29. The highest BCUT2D eigenvalue weighted by atomic mass is 15.2. The molecule has 90 valence electrons. The van der Waals surface area contributed by atoms with Gasteiger partial charge < -0.3 is 10.6 Å². The van der Waals surface area contributed by atoms with Crippen LogP contribution in [0, 0.1) is 19.3 Å². The van der Waals surface area contributed by atoms with E-state index < -0.39 is 0 Å². The Balaban J connectivity index is 2.62. The van der Waals surface area contributed by atoms with Crippen LogP contribution in [-0.4, -0.2) is 19.0 Å². The van der Waals surface area contributed by atoms with Crippen molar-refractivity contribution >= 4 is 5.96 Å². The number of benzene rings is 1. The highest BCUT2D eigenvalue weighted by Gasteiger charge is 1.96. The van der Waals surface area contributed by atoms with Crippen LogP contribution < -0.4 is 10.6 Å². The van der Waals surface area contributed by atoms with Crippen LogP contribution in [0.4, 0.5) is 0 Å². The zero-order valence-corrected chi connectivity index (χ0v) is 10.5. The summed E-state index contributed by atoms with van der Waals surface area (Å²) in [5, 5.41) is 6.20. The van der Waals surface area contributed by atoms with Crippen LogP contribution in [0.3, 0.4) is 0 Å². The van der Waals surface area contributed by atoms with Gasteiger partial charge in [-0.25, -0.2) is 4.99 Å². The third-order valence-electron chi connectivity index (χ3n) is 2.20. The molecule has 0 saturated carbocycles. The third kappa shape index (κ3) is 5.07. The SMILES string of the molecule is C#CCNC(=NCc1cccc(C)c1)NCC. The van der Waals surface area contributed by atoms with E-state index in [0.717, 1.165) is 12.5 Å². The van der Waals surface area contributed by atoms with Crippen molar-refractivity contribution in [1.82, 2.24) is 10.6 Å². The number of hydrogen-bond acceptors (Lipinski definition) is 1. The van der Waals surface area contributed by atoms with Gasteiger partial charge in [0.1, 0.15) is 0 Å². The van der Waals surface area contributed by atoms with Crippen molar-refractivity contribution < 1.29 is 0 Å². The van der Waals surface area contributed by atoms with Crippen molar-refractivity contribution in [2.75, 3.05) is 13.1 Å². The number of terminal acetylenes is 1. The lowest BCUT2D eigenvalue weighted by molar-refractivity contribution is 0.865. The first-order valence-electron chi connectivity index (χ1n) is 5.77. The Kier molecular flexibility index (Phi) is 5.67. The predicted octanol–water partition coefficient (Wildman–Crippen LogP) is 1.68. The molecule has 0 fully saturated rings. The van der Waals surface area contributed by atoms with Crippen molar-refractivity contribution in [2.45, 2.75) is 20.4 Å². The van der Waals surface area contributed by atoms with Gasteiger partial charge in [0.25, 0.3) is 0 Å². The molecule has 0 amide bonds. The van der Waals surface area contributed by atoms with Crippen LogP contribution in [0.2, 0.25) is 0 Å². The second-order valence-corrected chi connectivity index (χ2v) is 3.74. The molecule has 0 spiro atoms. The van der Waals surface area contributed by atoms with Crippen LogP contribution >= 0.6 is 0 Å². The van der Waals surface area contributed by atoms with Gasteiger partial charge in [-0.15, -0.1) is 6.42 Å². The van der Waals surface area contributed by atoms with Gasteiger partial charge in [-0.05, 0) is 19.4 Å². The molecule has 0 aliphatic carbocycles. The molecule has 0 atom stereocenters. The van der Waals surface area contributed by atoms with Gasteiger partial charge in [0.05, 0.1) is 13.1 Å². The Bertz CT molecular complexity index is 416. The summed E-state index contributed by atoms with van der Waals surface area (Å²) in [7, 11) is 0. The molecule has 0 radical (unpaired) electrons. The second kappa shape index (κ2) is 7.34. The minimum atomic E-state index is 0.486. The van der Waals surface area contributed by atoms with Crippen molar-refractivity contribution in [2.24, 2.45) is 4.99 Å². The Labute approximate surface area is 103 Å². The molecule has 0 aliphatic rings. The number of hydrogen-bond donors (Lipinski definition) is 2. The van der Waals surface area contributed by atoms with Crippen molar-refractivity contribution in [3.8, 4) is 12.3 Å².